The Morgan fingerprint density at radius 1 is 0.920 bits per heavy atom. The number of ether oxygens (including phenoxy) is 1. The highest BCUT2D eigenvalue weighted by Gasteiger charge is 2.14. The Hall–Kier alpha value is -3.36. The summed E-state index contributed by atoms with van der Waals surface area (Å²) in [5.74, 6) is -3.45. The van der Waals surface area contributed by atoms with Crippen molar-refractivity contribution in [1.82, 2.24) is 15.2 Å². The summed E-state index contributed by atoms with van der Waals surface area (Å²) in [6, 6.07) is 8.97. The van der Waals surface area contributed by atoms with E-state index in [4.69, 9.17) is 4.74 Å². The van der Waals surface area contributed by atoms with E-state index in [0.29, 0.717) is 17.3 Å². The Morgan fingerprint density at radius 3 is 2.52 bits per heavy atom. The number of hydrogen-bond donors (Lipinski definition) is 2. The van der Waals surface area contributed by atoms with Gasteiger partial charge in [0.25, 0.3) is 0 Å². The number of rotatable bonds is 5. The van der Waals surface area contributed by atoms with Gasteiger partial charge >= 0.3 is 0 Å². The summed E-state index contributed by atoms with van der Waals surface area (Å²) >= 11 is 0. The van der Waals surface area contributed by atoms with Crippen LogP contribution in [0.5, 0.6) is 5.75 Å². The summed E-state index contributed by atoms with van der Waals surface area (Å²) in [5, 5.41) is 12.9. The third kappa shape index (κ3) is 3.60. The molecule has 3 rings (SSSR count). The molecule has 0 bridgehead atoms. The molecule has 2 aromatic carbocycles. The molecule has 0 saturated carbocycles. The zero-order valence-electron chi connectivity index (χ0n) is 12.9. The van der Waals surface area contributed by atoms with Crippen molar-refractivity contribution in [2.24, 2.45) is 0 Å². The summed E-state index contributed by atoms with van der Waals surface area (Å²) in [6.07, 6.45) is 1.35. The number of aromatic nitrogens is 3. The second-order valence-corrected chi connectivity index (χ2v) is 4.84. The maximum atomic E-state index is 13.7. The molecule has 0 saturated heterocycles. The normalized spacial score (nSPS) is 10.4. The Bertz CT molecular complexity index is 907. The first-order chi connectivity index (χ1) is 12.1. The van der Waals surface area contributed by atoms with Crippen molar-refractivity contribution in [2.45, 2.75) is 0 Å². The van der Waals surface area contributed by atoms with Gasteiger partial charge in [0.05, 0.1) is 24.7 Å². The number of nitrogens with one attached hydrogen (secondary N) is 2. The first-order valence-electron chi connectivity index (χ1n) is 7.09. The molecule has 3 aromatic rings. The molecule has 2 N–H and O–H groups in total. The first kappa shape index (κ1) is 16.5. The summed E-state index contributed by atoms with van der Waals surface area (Å²) in [4.78, 5) is 4.10. The van der Waals surface area contributed by atoms with Crippen LogP contribution < -0.4 is 15.4 Å². The van der Waals surface area contributed by atoms with Gasteiger partial charge in [0, 0.05) is 0 Å². The van der Waals surface area contributed by atoms with Crippen molar-refractivity contribution in [3.63, 3.8) is 0 Å². The van der Waals surface area contributed by atoms with Crippen molar-refractivity contribution >= 4 is 23.1 Å². The van der Waals surface area contributed by atoms with Gasteiger partial charge in [0.1, 0.15) is 5.75 Å². The second kappa shape index (κ2) is 7.04. The lowest BCUT2D eigenvalue weighted by atomic mass is 10.3. The van der Waals surface area contributed by atoms with Gasteiger partial charge in [-0.3, -0.25) is 0 Å². The molecule has 0 aliphatic carbocycles. The van der Waals surface area contributed by atoms with Crippen molar-refractivity contribution in [3.8, 4) is 5.75 Å². The lowest BCUT2D eigenvalue weighted by Gasteiger charge is -2.11. The smallest absolute Gasteiger partial charge is 0.249 e. The monoisotopic (exact) mass is 347 g/mol. The van der Waals surface area contributed by atoms with Gasteiger partial charge in [0.2, 0.25) is 5.95 Å². The van der Waals surface area contributed by atoms with E-state index in [2.05, 4.69) is 25.8 Å². The average molecular weight is 347 g/mol. The van der Waals surface area contributed by atoms with Crippen LogP contribution in [-0.4, -0.2) is 22.3 Å². The van der Waals surface area contributed by atoms with Crippen LogP contribution in [0, 0.1) is 17.5 Å². The van der Waals surface area contributed by atoms with E-state index in [1.165, 1.54) is 13.3 Å². The van der Waals surface area contributed by atoms with E-state index in [1.807, 2.05) is 0 Å². The Kier molecular flexibility index (Phi) is 4.64. The van der Waals surface area contributed by atoms with Gasteiger partial charge in [-0.2, -0.15) is 10.1 Å². The van der Waals surface area contributed by atoms with Crippen molar-refractivity contribution in [1.29, 1.82) is 0 Å². The highest BCUT2D eigenvalue weighted by atomic mass is 19.2. The van der Waals surface area contributed by atoms with Crippen molar-refractivity contribution in [3.05, 3.63) is 60.0 Å². The van der Waals surface area contributed by atoms with Crippen LogP contribution in [0.25, 0.3) is 0 Å². The van der Waals surface area contributed by atoms with Crippen LogP contribution in [0.2, 0.25) is 0 Å². The standard InChI is InChI=1S/C16H12F3N5O/c1-25-12-5-3-2-4-10(12)21-13-8-20-24-16(23-13)22-11-7-6-9(17)14(18)15(11)19/h2-8H,1H3,(H2,21,22,23,24). The maximum absolute atomic E-state index is 13.7. The number of methoxy groups -OCH3 is 1. The van der Waals surface area contributed by atoms with Crippen LogP contribution in [0.4, 0.5) is 36.3 Å². The Balaban J connectivity index is 1.84. The zero-order chi connectivity index (χ0) is 17.8. The van der Waals surface area contributed by atoms with Gasteiger partial charge in [-0.25, -0.2) is 13.2 Å². The van der Waals surface area contributed by atoms with Gasteiger partial charge in [-0.15, -0.1) is 5.10 Å². The molecule has 0 amide bonds. The molecular weight excluding hydrogens is 335 g/mol. The lowest BCUT2D eigenvalue weighted by Crippen LogP contribution is -2.05. The largest absolute Gasteiger partial charge is 0.495 e. The second-order valence-electron chi connectivity index (χ2n) is 4.84. The number of halogens is 3. The predicted octanol–water partition coefficient (Wildman–Crippen LogP) is 3.78. The molecule has 9 heteroatoms. The minimum Gasteiger partial charge on any atom is -0.495 e. The summed E-state index contributed by atoms with van der Waals surface area (Å²) in [7, 11) is 1.53. The van der Waals surface area contributed by atoms with E-state index in [1.54, 1.807) is 24.3 Å². The predicted molar refractivity (Wildman–Crippen MR) is 85.7 cm³/mol. The minimum absolute atomic E-state index is 0.0928. The number of nitrogens with zero attached hydrogens (tertiary/aromatic N) is 3. The highest BCUT2D eigenvalue weighted by molar-refractivity contribution is 5.64. The molecular formula is C16H12F3N5O. The molecule has 0 radical (unpaired) electrons. The lowest BCUT2D eigenvalue weighted by molar-refractivity contribution is 0.417. The fourth-order valence-corrected chi connectivity index (χ4v) is 2.05. The molecule has 1 aromatic heterocycles. The fraction of sp³-hybridized carbons (Fsp3) is 0.0625. The van der Waals surface area contributed by atoms with E-state index in [0.717, 1.165) is 12.1 Å². The number of hydrogen-bond acceptors (Lipinski definition) is 6. The molecule has 0 unspecified atom stereocenters. The van der Waals surface area contributed by atoms with E-state index >= 15 is 0 Å². The first-order valence-corrected chi connectivity index (χ1v) is 7.09. The number of para-hydroxylation sites is 2. The summed E-state index contributed by atoms with van der Waals surface area (Å²) < 4.78 is 45.2. The van der Waals surface area contributed by atoms with Gasteiger partial charge in [0.15, 0.2) is 23.3 Å². The van der Waals surface area contributed by atoms with Crippen molar-refractivity contribution in [2.75, 3.05) is 17.7 Å². The van der Waals surface area contributed by atoms with Crippen molar-refractivity contribution < 1.29 is 17.9 Å². The Labute approximate surface area is 140 Å². The van der Waals surface area contributed by atoms with Crippen LogP contribution in [0.15, 0.2) is 42.6 Å². The topological polar surface area (TPSA) is 72.0 Å². The minimum atomic E-state index is -1.58. The Morgan fingerprint density at radius 2 is 1.72 bits per heavy atom. The molecule has 0 fully saturated rings. The molecule has 25 heavy (non-hydrogen) atoms. The van der Waals surface area contributed by atoms with Gasteiger partial charge < -0.3 is 15.4 Å². The summed E-state index contributed by atoms with van der Waals surface area (Å²) in [6.45, 7) is 0. The molecule has 0 atom stereocenters. The van der Waals surface area contributed by atoms with E-state index in [-0.39, 0.29) is 11.6 Å². The van der Waals surface area contributed by atoms with Crippen LogP contribution in [-0.2, 0) is 0 Å². The molecule has 0 spiro atoms. The highest BCUT2D eigenvalue weighted by Crippen LogP contribution is 2.27. The van der Waals surface area contributed by atoms with Crippen LogP contribution >= 0.6 is 0 Å². The summed E-state index contributed by atoms with van der Waals surface area (Å²) in [5.41, 5.74) is 0.325. The quantitative estimate of drug-likeness (QED) is 0.685. The number of anilines is 4. The average Bonchev–Trinajstić information content (AvgIpc) is 2.63. The number of benzene rings is 2. The zero-order valence-corrected chi connectivity index (χ0v) is 12.9. The third-order valence-electron chi connectivity index (χ3n) is 3.21. The maximum Gasteiger partial charge on any atom is 0.249 e. The molecule has 128 valence electrons. The van der Waals surface area contributed by atoms with E-state index in [9.17, 15) is 13.2 Å². The fourth-order valence-electron chi connectivity index (χ4n) is 2.05. The SMILES string of the molecule is COc1ccccc1Nc1cnnc(Nc2ccc(F)c(F)c2F)n1. The molecule has 6 nitrogen and oxygen atoms in total. The van der Waals surface area contributed by atoms with Crippen LogP contribution in [0.3, 0.4) is 0 Å². The van der Waals surface area contributed by atoms with Gasteiger partial charge in [-0.05, 0) is 24.3 Å². The molecule has 0 aliphatic heterocycles. The third-order valence-corrected chi connectivity index (χ3v) is 3.21. The van der Waals surface area contributed by atoms with Crippen LogP contribution in [0.1, 0.15) is 0 Å². The molecule has 0 aliphatic rings. The van der Waals surface area contributed by atoms with Gasteiger partial charge in [-0.1, -0.05) is 12.1 Å². The van der Waals surface area contributed by atoms with E-state index < -0.39 is 17.5 Å². The molecule has 1 heterocycles.